The Labute approximate surface area is 112 Å². The largest absolute Gasteiger partial charge is 0.126 e. The van der Waals surface area contributed by atoms with Crippen LogP contribution in [0.1, 0.15) is 39.5 Å². The highest BCUT2D eigenvalue weighted by molar-refractivity contribution is 9.10. The predicted molar refractivity (Wildman–Crippen MR) is 78.2 cm³/mol. The van der Waals surface area contributed by atoms with E-state index in [9.17, 15) is 0 Å². The van der Waals surface area contributed by atoms with E-state index in [2.05, 4.69) is 54.0 Å². The van der Waals surface area contributed by atoms with Gasteiger partial charge < -0.3 is 0 Å². The molecule has 0 heterocycles. The molecule has 0 aliphatic carbocycles. The molecular weight excluding hydrogens is 280 g/mol. The van der Waals surface area contributed by atoms with Crippen LogP contribution in [0.2, 0.25) is 0 Å². The third-order valence-corrected chi connectivity index (χ3v) is 4.61. The van der Waals surface area contributed by atoms with E-state index in [0.29, 0.717) is 0 Å². The van der Waals surface area contributed by atoms with Crippen molar-refractivity contribution in [2.45, 2.75) is 44.4 Å². The average molecular weight is 301 g/mol. The summed E-state index contributed by atoms with van der Waals surface area (Å²) in [6, 6.07) is 8.63. The van der Waals surface area contributed by atoms with Crippen LogP contribution in [0.4, 0.5) is 0 Å². The first kappa shape index (κ1) is 14.1. The average Bonchev–Trinajstić information content (AvgIpc) is 2.32. The normalized spacial score (nSPS) is 12.7. The Kier molecular flexibility index (Phi) is 7.22. The molecule has 0 fully saturated rings. The van der Waals surface area contributed by atoms with Crippen molar-refractivity contribution < 1.29 is 0 Å². The van der Waals surface area contributed by atoms with Crippen LogP contribution in [0, 0.1) is 5.92 Å². The van der Waals surface area contributed by atoms with Crippen molar-refractivity contribution in [1.29, 1.82) is 0 Å². The highest BCUT2D eigenvalue weighted by Gasteiger charge is 2.06. The van der Waals surface area contributed by atoms with E-state index in [0.717, 1.165) is 10.4 Å². The minimum atomic E-state index is 0.883. The topological polar surface area (TPSA) is 0 Å². The first-order valence-electron chi connectivity index (χ1n) is 6.14. The van der Waals surface area contributed by atoms with E-state index in [1.165, 1.54) is 36.3 Å². The molecular formula is C14H21BrS. The molecule has 2 heteroatoms. The number of unbranched alkanes of at least 4 members (excludes halogenated alkanes) is 1. The van der Waals surface area contributed by atoms with Crippen molar-refractivity contribution in [3.05, 3.63) is 28.7 Å². The highest BCUT2D eigenvalue weighted by atomic mass is 79.9. The van der Waals surface area contributed by atoms with Crippen LogP contribution in [-0.2, 0) is 0 Å². The summed E-state index contributed by atoms with van der Waals surface area (Å²) in [5.74, 6) is 2.14. The van der Waals surface area contributed by atoms with Gasteiger partial charge in [-0.3, -0.25) is 0 Å². The van der Waals surface area contributed by atoms with Gasteiger partial charge in [0.1, 0.15) is 0 Å². The maximum absolute atomic E-state index is 3.46. The van der Waals surface area contributed by atoms with E-state index in [4.69, 9.17) is 0 Å². The molecule has 1 rings (SSSR count). The fourth-order valence-corrected chi connectivity index (χ4v) is 3.07. The smallest absolute Gasteiger partial charge is 0.0176 e. The number of hydrogen-bond donors (Lipinski definition) is 0. The molecule has 1 unspecified atom stereocenters. The molecule has 0 radical (unpaired) electrons. The zero-order chi connectivity index (χ0) is 11.8. The third-order valence-electron chi connectivity index (χ3n) is 2.84. The second-order valence-corrected chi connectivity index (χ2v) is 6.19. The van der Waals surface area contributed by atoms with E-state index in [1.807, 2.05) is 11.8 Å². The van der Waals surface area contributed by atoms with E-state index >= 15 is 0 Å². The van der Waals surface area contributed by atoms with Crippen molar-refractivity contribution >= 4 is 27.7 Å². The van der Waals surface area contributed by atoms with Gasteiger partial charge in [0.05, 0.1) is 0 Å². The molecule has 0 amide bonds. The number of thioether (sulfide) groups is 1. The van der Waals surface area contributed by atoms with Crippen LogP contribution in [0.3, 0.4) is 0 Å². The minimum absolute atomic E-state index is 0.883. The van der Waals surface area contributed by atoms with Gasteiger partial charge in [0.25, 0.3) is 0 Å². The summed E-state index contributed by atoms with van der Waals surface area (Å²) in [4.78, 5) is 1.39. The Hall–Kier alpha value is 0.0500. The van der Waals surface area contributed by atoms with E-state index in [-0.39, 0.29) is 0 Å². The van der Waals surface area contributed by atoms with Crippen LogP contribution < -0.4 is 0 Å². The molecule has 0 aliphatic heterocycles. The van der Waals surface area contributed by atoms with Gasteiger partial charge in [-0.05, 0) is 36.6 Å². The molecule has 0 spiro atoms. The Morgan fingerprint density at radius 2 is 1.88 bits per heavy atom. The second kappa shape index (κ2) is 8.19. The lowest BCUT2D eigenvalue weighted by atomic mass is 10.0. The molecule has 0 saturated heterocycles. The van der Waals surface area contributed by atoms with Crippen LogP contribution >= 0.6 is 27.7 Å². The number of benzene rings is 1. The predicted octanol–water partition coefficient (Wildman–Crippen LogP) is 5.76. The molecule has 16 heavy (non-hydrogen) atoms. The first-order chi connectivity index (χ1) is 7.76. The Morgan fingerprint density at radius 1 is 1.19 bits per heavy atom. The Morgan fingerprint density at radius 3 is 2.44 bits per heavy atom. The van der Waals surface area contributed by atoms with Crippen LogP contribution in [0.5, 0.6) is 0 Å². The lowest BCUT2D eigenvalue weighted by molar-refractivity contribution is 0.499. The summed E-state index contributed by atoms with van der Waals surface area (Å²) in [7, 11) is 0. The van der Waals surface area contributed by atoms with Gasteiger partial charge in [-0.25, -0.2) is 0 Å². The molecule has 0 saturated carbocycles. The Bertz CT molecular complexity index is 281. The fourth-order valence-electron chi connectivity index (χ4n) is 1.64. The van der Waals surface area contributed by atoms with Gasteiger partial charge in [-0.15, -0.1) is 11.8 Å². The summed E-state index contributed by atoms with van der Waals surface area (Å²) in [5.41, 5.74) is 0. The Balaban J connectivity index is 2.34. The molecule has 0 N–H and O–H groups in total. The van der Waals surface area contributed by atoms with Gasteiger partial charge in [0, 0.05) is 15.1 Å². The molecule has 0 aliphatic rings. The quantitative estimate of drug-likeness (QED) is 0.577. The zero-order valence-electron chi connectivity index (χ0n) is 10.2. The lowest BCUT2D eigenvalue weighted by Crippen LogP contribution is -2.01. The summed E-state index contributed by atoms with van der Waals surface area (Å²) < 4.78 is 1.16. The zero-order valence-corrected chi connectivity index (χ0v) is 12.6. The summed E-state index contributed by atoms with van der Waals surface area (Å²) in [6.45, 7) is 4.58. The van der Waals surface area contributed by atoms with Crippen LogP contribution in [-0.4, -0.2) is 5.75 Å². The molecule has 1 aromatic carbocycles. The SMILES string of the molecule is CCCCC(CC)CSc1ccc(Br)cc1. The van der Waals surface area contributed by atoms with Gasteiger partial charge >= 0.3 is 0 Å². The van der Waals surface area contributed by atoms with Crippen LogP contribution in [0.25, 0.3) is 0 Å². The summed E-state index contributed by atoms with van der Waals surface area (Å²) >= 11 is 5.46. The van der Waals surface area contributed by atoms with Crippen LogP contribution in [0.15, 0.2) is 33.6 Å². The van der Waals surface area contributed by atoms with Gasteiger partial charge in [0.15, 0.2) is 0 Å². The lowest BCUT2D eigenvalue weighted by Gasteiger charge is -2.13. The first-order valence-corrected chi connectivity index (χ1v) is 7.92. The third kappa shape index (κ3) is 5.40. The fraction of sp³-hybridized carbons (Fsp3) is 0.571. The number of halogens is 1. The minimum Gasteiger partial charge on any atom is -0.126 e. The maximum atomic E-state index is 3.46. The van der Waals surface area contributed by atoms with Crippen molar-refractivity contribution in [2.75, 3.05) is 5.75 Å². The standard InChI is InChI=1S/C14H21BrS/c1-3-5-6-12(4-2)11-16-14-9-7-13(15)8-10-14/h7-10,12H,3-6,11H2,1-2H3. The van der Waals surface area contributed by atoms with Crippen molar-refractivity contribution in [1.82, 2.24) is 0 Å². The van der Waals surface area contributed by atoms with Crippen molar-refractivity contribution in [3.8, 4) is 0 Å². The maximum Gasteiger partial charge on any atom is 0.0176 e. The van der Waals surface area contributed by atoms with Gasteiger partial charge in [0.2, 0.25) is 0 Å². The molecule has 0 bridgehead atoms. The van der Waals surface area contributed by atoms with Gasteiger partial charge in [-0.1, -0.05) is 49.0 Å². The summed E-state index contributed by atoms with van der Waals surface area (Å²) in [6.07, 6.45) is 5.39. The van der Waals surface area contributed by atoms with Crippen molar-refractivity contribution in [2.24, 2.45) is 5.92 Å². The number of hydrogen-bond acceptors (Lipinski definition) is 1. The number of rotatable bonds is 7. The van der Waals surface area contributed by atoms with E-state index in [1.54, 1.807) is 0 Å². The summed E-state index contributed by atoms with van der Waals surface area (Å²) in [5, 5.41) is 0. The molecule has 1 atom stereocenters. The highest BCUT2D eigenvalue weighted by Crippen LogP contribution is 2.26. The molecule has 90 valence electrons. The van der Waals surface area contributed by atoms with E-state index < -0.39 is 0 Å². The van der Waals surface area contributed by atoms with Gasteiger partial charge in [-0.2, -0.15) is 0 Å². The van der Waals surface area contributed by atoms with Crippen molar-refractivity contribution in [3.63, 3.8) is 0 Å². The molecule has 0 nitrogen and oxygen atoms in total. The molecule has 0 aromatic heterocycles. The molecule has 1 aromatic rings. The monoisotopic (exact) mass is 300 g/mol. The second-order valence-electron chi connectivity index (χ2n) is 4.18.